The molecule has 0 aliphatic carbocycles. The molecule has 2 atom stereocenters. The van der Waals surface area contributed by atoms with E-state index in [0.717, 1.165) is 0 Å². The summed E-state index contributed by atoms with van der Waals surface area (Å²) >= 11 is 0. The number of carboxylic acid groups (broad SMARTS) is 1. The Bertz CT molecular complexity index is 392. The molecular weight excluding hydrogens is 226 g/mol. The van der Waals surface area contributed by atoms with E-state index in [2.05, 4.69) is 0 Å². The van der Waals surface area contributed by atoms with E-state index in [1.54, 1.807) is 30.3 Å². The summed E-state index contributed by atoms with van der Waals surface area (Å²) in [6.07, 6.45) is -1.45. The van der Waals surface area contributed by atoms with E-state index in [9.17, 15) is 14.7 Å². The summed E-state index contributed by atoms with van der Waals surface area (Å²) < 4.78 is 0. The number of carbonyl (C=O) groups excluding carboxylic acids is 1. The molecule has 0 bridgehead atoms. The van der Waals surface area contributed by atoms with E-state index in [0.29, 0.717) is 5.56 Å². The highest BCUT2D eigenvalue weighted by molar-refractivity contribution is 5.86. The molecule has 0 aromatic heterocycles. The molecule has 0 saturated carbocycles. The quantitative estimate of drug-likeness (QED) is 0.542. The zero-order valence-electron chi connectivity index (χ0n) is 8.91. The van der Waals surface area contributed by atoms with Gasteiger partial charge in [-0.3, -0.25) is 4.79 Å². The van der Waals surface area contributed by atoms with Gasteiger partial charge in [-0.15, -0.1) is 0 Å². The molecule has 1 aromatic carbocycles. The number of nitrogens with one attached hydrogen (secondary N) is 1. The third-order valence-electron chi connectivity index (χ3n) is 2.16. The van der Waals surface area contributed by atoms with Gasteiger partial charge in [-0.25, -0.2) is 4.79 Å². The Morgan fingerprint density at radius 2 is 1.82 bits per heavy atom. The SMILES string of the molecule is O=C(N[C@@H](CO)C(=O)O)C(O)c1ccccc1. The number of carbonyl (C=O) groups is 2. The normalized spacial score (nSPS) is 13.8. The van der Waals surface area contributed by atoms with Crippen LogP contribution in [-0.4, -0.2) is 39.8 Å². The number of amides is 1. The molecule has 92 valence electrons. The molecule has 1 rings (SSSR count). The fourth-order valence-corrected chi connectivity index (χ4v) is 1.22. The van der Waals surface area contributed by atoms with Crippen molar-refractivity contribution < 1.29 is 24.9 Å². The Kier molecular flexibility index (Phi) is 4.62. The summed E-state index contributed by atoms with van der Waals surface area (Å²) in [5.74, 6) is -2.22. The molecule has 0 fully saturated rings. The summed E-state index contributed by atoms with van der Waals surface area (Å²) in [7, 11) is 0. The van der Waals surface area contributed by atoms with Crippen molar-refractivity contribution in [2.24, 2.45) is 0 Å². The van der Waals surface area contributed by atoms with Gasteiger partial charge in [0.1, 0.15) is 6.04 Å². The van der Waals surface area contributed by atoms with Crippen LogP contribution in [0.15, 0.2) is 30.3 Å². The average molecular weight is 239 g/mol. The van der Waals surface area contributed by atoms with Crippen molar-refractivity contribution in [3.05, 3.63) is 35.9 Å². The van der Waals surface area contributed by atoms with Crippen molar-refractivity contribution in [2.45, 2.75) is 12.1 Å². The number of aliphatic carboxylic acids is 1. The summed E-state index contributed by atoms with van der Waals surface area (Å²) in [6.45, 7) is -0.734. The van der Waals surface area contributed by atoms with Gasteiger partial charge in [0.2, 0.25) is 0 Å². The maximum Gasteiger partial charge on any atom is 0.328 e. The number of hydrogen-bond acceptors (Lipinski definition) is 4. The first-order valence-electron chi connectivity index (χ1n) is 4.93. The Hall–Kier alpha value is -1.92. The van der Waals surface area contributed by atoms with Crippen LogP contribution >= 0.6 is 0 Å². The molecule has 0 heterocycles. The van der Waals surface area contributed by atoms with Crippen molar-refractivity contribution in [3.8, 4) is 0 Å². The fourth-order valence-electron chi connectivity index (χ4n) is 1.22. The van der Waals surface area contributed by atoms with E-state index in [1.165, 1.54) is 0 Å². The molecule has 0 aliphatic rings. The predicted molar refractivity (Wildman–Crippen MR) is 58.1 cm³/mol. The second-order valence-corrected chi connectivity index (χ2v) is 3.40. The molecule has 1 aromatic rings. The summed E-state index contributed by atoms with van der Waals surface area (Å²) in [6, 6.07) is 6.68. The van der Waals surface area contributed by atoms with Gasteiger partial charge in [-0.1, -0.05) is 30.3 Å². The molecule has 6 heteroatoms. The van der Waals surface area contributed by atoms with Gasteiger partial charge in [0.05, 0.1) is 6.61 Å². The van der Waals surface area contributed by atoms with E-state index >= 15 is 0 Å². The fraction of sp³-hybridized carbons (Fsp3) is 0.273. The van der Waals surface area contributed by atoms with Crippen molar-refractivity contribution in [2.75, 3.05) is 6.61 Å². The number of rotatable bonds is 5. The van der Waals surface area contributed by atoms with Crippen LogP contribution in [0.1, 0.15) is 11.7 Å². The van der Waals surface area contributed by atoms with Crippen molar-refractivity contribution in [1.29, 1.82) is 0 Å². The Morgan fingerprint density at radius 1 is 1.24 bits per heavy atom. The number of benzene rings is 1. The standard InChI is InChI=1S/C11H13NO5/c13-6-8(11(16)17)12-10(15)9(14)7-4-2-1-3-5-7/h1-5,8-9,13-14H,6H2,(H,12,15)(H,16,17)/t8-,9?/m0/s1. The Balaban J connectivity index is 2.68. The third-order valence-corrected chi connectivity index (χ3v) is 2.16. The van der Waals surface area contributed by atoms with Gasteiger partial charge in [0, 0.05) is 0 Å². The topological polar surface area (TPSA) is 107 Å². The molecule has 17 heavy (non-hydrogen) atoms. The summed E-state index contributed by atoms with van der Waals surface area (Å²) in [5, 5.41) is 29.0. The van der Waals surface area contributed by atoms with E-state index in [-0.39, 0.29) is 0 Å². The lowest BCUT2D eigenvalue weighted by Crippen LogP contribution is -2.45. The van der Waals surface area contributed by atoms with Gasteiger partial charge in [-0.2, -0.15) is 0 Å². The molecule has 1 unspecified atom stereocenters. The van der Waals surface area contributed by atoms with Crippen LogP contribution in [0.3, 0.4) is 0 Å². The number of aliphatic hydroxyl groups excluding tert-OH is 2. The lowest BCUT2D eigenvalue weighted by molar-refractivity contribution is -0.144. The molecule has 4 N–H and O–H groups in total. The van der Waals surface area contributed by atoms with Gasteiger partial charge < -0.3 is 20.6 Å². The highest BCUT2D eigenvalue weighted by atomic mass is 16.4. The Labute approximate surface area is 97.5 Å². The van der Waals surface area contributed by atoms with Gasteiger partial charge in [-0.05, 0) is 5.56 Å². The number of hydrogen-bond donors (Lipinski definition) is 4. The van der Waals surface area contributed by atoms with Crippen LogP contribution in [0.25, 0.3) is 0 Å². The van der Waals surface area contributed by atoms with Crippen LogP contribution in [0.2, 0.25) is 0 Å². The summed E-state index contributed by atoms with van der Waals surface area (Å²) in [5.41, 5.74) is 0.354. The molecule has 0 spiro atoms. The van der Waals surface area contributed by atoms with Crippen molar-refractivity contribution in [1.82, 2.24) is 5.32 Å². The molecule has 1 amide bonds. The van der Waals surface area contributed by atoms with Gasteiger partial charge in [0.25, 0.3) is 5.91 Å². The van der Waals surface area contributed by atoms with E-state index in [1.807, 2.05) is 5.32 Å². The highest BCUT2D eigenvalue weighted by Gasteiger charge is 2.23. The van der Waals surface area contributed by atoms with E-state index in [4.69, 9.17) is 10.2 Å². The van der Waals surface area contributed by atoms with Gasteiger partial charge >= 0.3 is 5.97 Å². The minimum Gasteiger partial charge on any atom is -0.480 e. The molecule has 0 saturated heterocycles. The maximum absolute atomic E-state index is 11.5. The third kappa shape index (κ3) is 3.54. The molecule has 0 radical (unpaired) electrons. The minimum absolute atomic E-state index is 0.354. The zero-order valence-corrected chi connectivity index (χ0v) is 8.91. The van der Waals surface area contributed by atoms with Crippen LogP contribution in [0, 0.1) is 0 Å². The van der Waals surface area contributed by atoms with Crippen molar-refractivity contribution in [3.63, 3.8) is 0 Å². The first kappa shape index (κ1) is 13.1. The second-order valence-electron chi connectivity index (χ2n) is 3.40. The predicted octanol–water partition coefficient (Wildman–Crippen LogP) is -0.718. The second kappa shape index (κ2) is 5.97. The monoisotopic (exact) mass is 239 g/mol. The average Bonchev–Trinajstić information content (AvgIpc) is 2.35. The van der Waals surface area contributed by atoms with E-state index < -0.39 is 30.6 Å². The first-order chi connectivity index (χ1) is 8.06. The van der Waals surface area contributed by atoms with Gasteiger partial charge in [0.15, 0.2) is 6.10 Å². The molecule has 6 nitrogen and oxygen atoms in total. The lowest BCUT2D eigenvalue weighted by atomic mass is 10.1. The lowest BCUT2D eigenvalue weighted by Gasteiger charge is -2.15. The largest absolute Gasteiger partial charge is 0.480 e. The first-order valence-corrected chi connectivity index (χ1v) is 4.93. The molecule has 0 aliphatic heterocycles. The van der Waals surface area contributed by atoms with Crippen LogP contribution < -0.4 is 5.32 Å². The molecular formula is C11H13NO5. The Morgan fingerprint density at radius 3 is 2.29 bits per heavy atom. The number of aliphatic hydroxyl groups is 2. The maximum atomic E-state index is 11.5. The highest BCUT2D eigenvalue weighted by Crippen LogP contribution is 2.11. The minimum atomic E-state index is -1.45. The van der Waals surface area contributed by atoms with Crippen LogP contribution in [-0.2, 0) is 9.59 Å². The van der Waals surface area contributed by atoms with Crippen LogP contribution in [0.5, 0.6) is 0 Å². The number of carboxylic acids is 1. The summed E-state index contributed by atoms with van der Waals surface area (Å²) in [4.78, 5) is 22.1. The zero-order chi connectivity index (χ0) is 12.8. The van der Waals surface area contributed by atoms with Crippen molar-refractivity contribution >= 4 is 11.9 Å². The smallest absolute Gasteiger partial charge is 0.328 e. The van der Waals surface area contributed by atoms with Crippen LogP contribution in [0.4, 0.5) is 0 Å².